The first kappa shape index (κ1) is 10.9. The molecule has 1 aromatic rings. The maximum atomic E-state index is 4.44. The second-order valence-electron chi connectivity index (χ2n) is 4.48. The molecule has 0 saturated heterocycles. The highest BCUT2D eigenvalue weighted by Gasteiger charge is 2.19. The first-order chi connectivity index (χ1) is 7.28. The number of nitrogens with zero attached hydrogens (tertiary/aromatic N) is 2. The summed E-state index contributed by atoms with van der Waals surface area (Å²) in [5.74, 6) is 1.82. The van der Waals surface area contributed by atoms with Crippen molar-refractivity contribution in [3.8, 4) is 0 Å². The molecule has 1 N–H and O–H groups in total. The van der Waals surface area contributed by atoms with Gasteiger partial charge in [0.1, 0.15) is 5.82 Å². The van der Waals surface area contributed by atoms with Gasteiger partial charge >= 0.3 is 0 Å². The molecule has 0 amide bonds. The Balaban J connectivity index is 1.90. The van der Waals surface area contributed by atoms with E-state index in [1.165, 1.54) is 37.2 Å². The highest BCUT2D eigenvalue weighted by atomic mass is 32.1. The fourth-order valence-corrected chi connectivity index (χ4v) is 2.92. The van der Waals surface area contributed by atoms with Crippen molar-refractivity contribution in [2.24, 2.45) is 5.92 Å². The SMILES string of the molecule is CCc1nsc(NC2CCCC(C)C2)n1. The molecule has 0 bridgehead atoms. The van der Waals surface area contributed by atoms with Crippen molar-refractivity contribution in [1.29, 1.82) is 0 Å². The van der Waals surface area contributed by atoms with Crippen LogP contribution >= 0.6 is 11.5 Å². The van der Waals surface area contributed by atoms with Gasteiger partial charge in [-0.2, -0.15) is 4.37 Å². The van der Waals surface area contributed by atoms with E-state index in [1.54, 1.807) is 0 Å². The molecule has 1 aromatic heterocycles. The van der Waals surface area contributed by atoms with Gasteiger partial charge in [0.2, 0.25) is 5.13 Å². The van der Waals surface area contributed by atoms with Crippen molar-refractivity contribution >= 4 is 16.7 Å². The average Bonchev–Trinajstić information content (AvgIpc) is 2.65. The van der Waals surface area contributed by atoms with Crippen molar-refractivity contribution in [3.05, 3.63) is 5.82 Å². The number of nitrogens with one attached hydrogen (secondary N) is 1. The van der Waals surface area contributed by atoms with Crippen LogP contribution in [0.2, 0.25) is 0 Å². The first-order valence-corrected chi connectivity index (χ1v) is 6.64. The third kappa shape index (κ3) is 2.91. The Morgan fingerprint density at radius 2 is 2.33 bits per heavy atom. The number of rotatable bonds is 3. The van der Waals surface area contributed by atoms with Crippen LogP contribution < -0.4 is 5.32 Å². The molecule has 0 aromatic carbocycles. The third-order valence-corrected chi connectivity index (χ3v) is 3.73. The molecule has 15 heavy (non-hydrogen) atoms. The molecule has 2 unspecified atom stereocenters. The molecule has 4 heteroatoms. The molecule has 3 nitrogen and oxygen atoms in total. The highest BCUT2D eigenvalue weighted by molar-refractivity contribution is 7.09. The monoisotopic (exact) mass is 225 g/mol. The molecule has 1 heterocycles. The molecule has 1 saturated carbocycles. The number of aryl methyl sites for hydroxylation is 1. The van der Waals surface area contributed by atoms with Crippen LogP contribution in [0.25, 0.3) is 0 Å². The normalized spacial score (nSPS) is 26.5. The predicted octanol–water partition coefficient (Wildman–Crippen LogP) is 3.09. The lowest BCUT2D eigenvalue weighted by atomic mass is 9.87. The lowest BCUT2D eigenvalue weighted by molar-refractivity contribution is 0.358. The highest BCUT2D eigenvalue weighted by Crippen LogP contribution is 2.26. The van der Waals surface area contributed by atoms with E-state index < -0.39 is 0 Å². The standard InChI is InChI=1S/C11H19N3S/c1-3-10-13-11(15-14-10)12-9-6-4-5-8(2)7-9/h8-9H,3-7H2,1-2H3,(H,12,13,14). The maximum absolute atomic E-state index is 4.44. The molecule has 0 radical (unpaired) electrons. The summed E-state index contributed by atoms with van der Waals surface area (Å²) in [4.78, 5) is 4.44. The van der Waals surface area contributed by atoms with Gasteiger partial charge in [-0.15, -0.1) is 0 Å². The number of aromatic nitrogens is 2. The Morgan fingerprint density at radius 1 is 1.47 bits per heavy atom. The summed E-state index contributed by atoms with van der Waals surface area (Å²) in [7, 11) is 0. The summed E-state index contributed by atoms with van der Waals surface area (Å²) in [6, 6.07) is 0.617. The van der Waals surface area contributed by atoms with E-state index in [-0.39, 0.29) is 0 Å². The zero-order valence-electron chi connectivity index (χ0n) is 9.49. The van der Waals surface area contributed by atoms with Gasteiger partial charge in [-0.3, -0.25) is 0 Å². The van der Waals surface area contributed by atoms with E-state index in [0.717, 1.165) is 23.3 Å². The fourth-order valence-electron chi connectivity index (χ4n) is 2.20. The largest absolute Gasteiger partial charge is 0.358 e. The molecule has 0 aliphatic heterocycles. The summed E-state index contributed by atoms with van der Waals surface area (Å²) >= 11 is 1.50. The van der Waals surface area contributed by atoms with Crippen molar-refractivity contribution in [3.63, 3.8) is 0 Å². The van der Waals surface area contributed by atoms with Gasteiger partial charge < -0.3 is 5.32 Å². The summed E-state index contributed by atoms with van der Waals surface area (Å²) in [5.41, 5.74) is 0. The Hall–Kier alpha value is -0.640. The lowest BCUT2D eigenvalue weighted by Crippen LogP contribution is -2.26. The zero-order valence-corrected chi connectivity index (χ0v) is 10.3. The Morgan fingerprint density at radius 3 is 3.00 bits per heavy atom. The van der Waals surface area contributed by atoms with E-state index >= 15 is 0 Å². The van der Waals surface area contributed by atoms with Crippen LogP contribution in [0.1, 0.15) is 45.4 Å². The summed E-state index contributed by atoms with van der Waals surface area (Å²) in [5, 5.41) is 4.52. The minimum absolute atomic E-state index is 0.617. The molecule has 1 aliphatic rings. The van der Waals surface area contributed by atoms with Crippen molar-refractivity contribution in [1.82, 2.24) is 9.36 Å². The summed E-state index contributed by atoms with van der Waals surface area (Å²) in [6.45, 7) is 4.43. The Bertz CT molecular complexity index is 311. The van der Waals surface area contributed by atoms with Gasteiger partial charge in [-0.25, -0.2) is 4.98 Å². The molecule has 1 fully saturated rings. The number of anilines is 1. The lowest BCUT2D eigenvalue weighted by Gasteiger charge is -2.26. The molecule has 84 valence electrons. The molecular weight excluding hydrogens is 206 g/mol. The van der Waals surface area contributed by atoms with Gasteiger partial charge in [0.25, 0.3) is 0 Å². The third-order valence-electron chi connectivity index (χ3n) is 3.05. The minimum atomic E-state index is 0.617. The Labute approximate surface area is 95.5 Å². The minimum Gasteiger partial charge on any atom is -0.358 e. The van der Waals surface area contributed by atoms with E-state index in [4.69, 9.17) is 0 Å². The van der Waals surface area contributed by atoms with Crippen LogP contribution in [-0.2, 0) is 6.42 Å². The molecular formula is C11H19N3S. The van der Waals surface area contributed by atoms with Crippen molar-refractivity contribution < 1.29 is 0 Å². The Kier molecular flexibility index (Phi) is 3.57. The predicted molar refractivity (Wildman–Crippen MR) is 64.3 cm³/mol. The smallest absolute Gasteiger partial charge is 0.202 e. The first-order valence-electron chi connectivity index (χ1n) is 5.87. The zero-order chi connectivity index (χ0) is 10.7. The second-order valence-corrected chi connectivity index (χ2v) is 5.23. The van der Waals surface area contributed by atoms with Gasteiger partial charge in [-0.1, -0.05) is 26.7 Å². The average molecular weight is 225 g/mol. The molecule has 2 atom stereocenters. The van der Waals surface area contributed by atoms with Crippen LogP contribution in [-0.4, -0.2) is 15.4 Å². The molecule has 0 spiro atoms. The van der Waals surface area contributed by atoms with Crippen molar-refractivity contribution in [2.45, 2.75) is 52.0 Å². The number of hydrogen-bond donors (Lipinski definition) is 1. The number of hydrogen-bond acceptors (Lipinski definition) is 4. The van der Waals surface area contributed by atoms with Crippen LogP contribution in [0.4, 0.5) is 5.13 Å². The van der Waals surface area contributed by atoms with Gasteiger partial charge in [-0.05, 0) is 18.8 Å². The van der Waals surface area contributed by atoms with Crippen LogP contribution in [0.3, 0.4) is 0 Å². The van der Waals surface area contributed by atoms with Crippen LogP contribution in [0.5, 0.6) is 0 Å². The quantitative estimate of drug-likeness (QED) is 0.859. The molecule has 1 aliphatic carbocycles. The fraction of sp³-hybridized carbons (Fsp3) is 0.818. The second kappa shape index (κ2) is 4.92. The van der Waals surface area contributed by atoms with Gasteiger partial charge in [0.15, 0.2) is 0 Å². The molecule has 2 rings (SSSR count). The van der Waals surface area contributed by atoms with Gasteiger partial charge in [0, 0.05) is 24.0 Å². The van der Waals surface area contributed by atoms with Gasteiger partial charge in [0.05, 0.1) is 0 Å². The summed E-state index contributed by atoms with van der Waals surface area (Å²) in [6.07, 6.45) is 6.22. The van der Waals surface area contributed by atoms with Crippen LogP contribution in [0.15, 0.2) is 0 Å². The van der Waals surface area contributed by atoms with Crippen molar-refractivity contribution in [2.75, 3.05) is 5.32 Å². The topological polar surface area (TPSA) is 37.8 Å². The maximum Gasteiger partial charge on any atom is 0.202 e. The van der Waals surface area contributed by atoms with E-state index in [0.29, 0.717) is 6.04 Å². The van der Waals surface area contributed by atoms with E-state index in [9.17, 15) is 0 Å². The van der Waals surface area contributed by atoms with E-state index in [2.05, 4.69) is 28.5 Å². The summed E-state index contributed by atoms with van der Waals surface area (Å²) < 4.78 is 4.29. The van der Waals surface area contributed by atoms with E-state index in [1.807, 2.05) is 0 Å². The van der Waals surface area contributed by atoms with Crippen LogP contribution in [0, 0.1) is 5.92 Å².